The van der Waals surface area contributed by atoms with E-state index in [1.807, 2.05) is 54.9 Å². The van der Waals surface area contributed by atoms with Crippen molar-refractivity contribution < 1.29 is 4.84 Å². The van der Waals surface area contributed by atoms with Gasteiger partial charge in [0.25, 0.3) is 0 Å². The number of nitrogens with zero attached hydrogens (tertiary/aromatic N) is 3. The lowest BCUT2D eigenvalue weighted by atomic mass is 10.1. The first-order valence-electron chi connectivity index (χ1n) is 10.9. The lowest BCUT2D eigenvalue weighted by Gasteiger charge is -2.12. The van der Waals surface area contributed by atoms with Gasteiger partial charge in [-0.2, -0.15) is 15.1 Å². The lowest BCUT2D eigenvalue weighted by molar-refractivity contribution is 0.222. The second-order valence-electron chi connectivity index (χ2n) is 7.53. The van der Waals surface area contributed by atoms with Gasteiger partial charge in [0.1, 0.15) is 11.6 Å². The van der Waals surface area contributed by atoms with Crippen LogP contribution in [0.25, 0.3) is 16.9 Å². The number of rotatable bonds is 8. The summed E-state index contributed by atoms with van der Waals surface area (Å²) in [5.41, 5.74) is 7.88. The monoisotopic (exact) mass is 510 g/mol. The third kappa shape index (κ3) is 6.54. The number of hydrogen-bond donors (Lipinski definition) is 3. The molecule has 0 bridgehead atoms. The zero-order valence-corrected chi connectivity index (χ0v) is 21.1. The predicted octanol–water partition coefficient (Wildman–Crippen LogP) is 5.00. The van der Waals surface area contributed by atoms with Gasteiger partial charge in [-0.25, -0.2) is 4.98 Å². The molecule has 3 N–H and O–H groups in total. The number of aryl methyl sites for hydroxylation is 2. The SMILES string of the molecule is CNCCCNc1cc(-c2ccccc2C)nc2c(Br)cnn12.CNOc1ccccc1C. The summed E-state index contributed by atoms with van der Waals surface area (Å²) in [5, 5.41) is 11.0. The van der Waals surface area contributed by atoms with Crippen LogP contribution in [0, 0.1) is 13.8 Å². The molecule has 2 aromatic carbocycles. The number of benzene rings is 2. The van der Waals surface area contributed by atoms with Crippen molar-refractivity contribution in [1.82, 2.24) is 25.4 Å². The van der Waals surface area contributed by atoms with Crippen molar-refractivity contribution in [2.24, 2.45) is 0 Å². The van der Waals surface area contributed by atoms with Crippen LogP contribution in [-0.2, 0) is 0 Å². The van der Waals surface area contributed by atoms with Gasteiger partial charge >= 0.3 is 0 Å². The molecule has 174 valence electrons. The van der Waals surface area contributed by atoms with Crippen LogP contribution in [-0.4, -0.2) is 41.8 Å². The minimum atomic E-state index is 0.821. The number of hydroxylamine groups is 1. The Bertz CT molecular complexity index is 1180. The third-order valence-electron chi connectivity index (χ3n) is 5.07. The highest BCUT2D eigenvalue weighted by Crippen LogP contribution is 2.27. The van der Waals surface area contributed by atoms with Crippen LogP contribution >= 0.6 is 15.9 Å². The molecule has 0 fully saturated rings. The number of halogens is 1. The molecule has 0 saturated carbocycles. The summed E-state index contributed by atoms with van der Waals surface area (Å²) in [6.45, 7) is 5.97. The van der Waals surface area contributed by atoms with Gasteiger partial charge in [-0.1, -0.05) is 42.5 Å². The second kappa shape index (κ2) is 12.3. The van der Waals surface area contributed by atoms with E-state index in [2.05, 4.69) is 62.3 Å². The minimum absolute atomic E-state index is 0.821. The fourth-order valence-corrected chi connectivity index (χ4v) is 3.67. The van der Waals surface area contributed by atoms with E-state index < -0.39 is 0 Å². The molecule has 0 atom stereocenters. The van der Waals surface area contributed by atoms with Gasteiger partial charge in [-0.3, -0.25) is 0 Å². The number of para-hydroxylation sites is 1. The van der Waals surface area contributed by atoms with Crippen LogP contribution in [0.2, 0.25) is 0 Å². The Kier molecular flexibility index (Phi) is 9.24. The average Bonchev–Trinajstić information content (AvgIpc) is 3.20. The molecular weight excluding hydrogens is 480 g/mol. The van der Waals surface area contributed by atoms with Crippen LogP contribution in [0.4, 0.5) is 5.82 Å². The molecule has 0 aliphatic rings. The van der Waals surface area contributed by atoms with Gasteiger partial charge in [0.2, 0.25) is 0 Å². The molecular formula is C25H31BrN6O. The molecule has 0 aliphatic heterocycles. The molecule has 0 spiro atoms. The van der Waals surface area contributed by atoms with Crippen molar-refractivity contribution in [3.8, 4) is 17.0 Å². The van der Waals surface area contributed by atoms with E-state index in [0.717, 1.165) is 58.0 Å². The van der Waals surface area contributed by atoms with Gasteiger partial charge < -0.3 is 15.5 Å². The Morgan fingerprint density at radius 3 is 2.39 bits per heavy atom. The van der Waals surface area contributed by atoms with Crippen LogP contribution in [0.1, 0.15) is 17.5 Å². The Morgan fingerprint density at radius 2 is 1.70 bits per heavy atom. The van der Waals surface area contributed by atoms with E-state index >= 15 is 0 Å². The fourth-order valence-electron chi connectivity index (χ4n) is 3.32. The summed E-state index contributed by atoms with van der Waals surface area (Å²) in [7, 11) is 3.71. The van der Waals surface area contributed by atoms with E-state index in [0.29, 0.717) is 0 Å². The Labute approximate surface area is 203 Å². The topological polar surface area (TPSA) is 75.5 Å². The Hall–Kier alpha value is -2.94. The molecule has 33 heavy (non-hydrogen) atoms. The molecule has 0 radical (unpaired) electrons. The summed E-state index contributed by atoms with van der Waals surface area (Å²) in [5.74, 6) is 1.83. The maximum atomic E-state index is 5.09. The second-order valence-corrected chi connectivity index (χ2v) is 8.38. The average molecular weight is 511 g/mol. The summed E-state index contributed by atoms with van der Waals surface area (Å²) in [6, 6.07) is 18.2. The van der Waals surface area contributed by atoms with Gasteiger partial charge in [0.15, 0.2) is 5.65 Å². The first-order valence-corrected chi connectivity index (χ1v) is 11.7. The normalized spacial score (nSPS) is 10.6. The third-order valence-corrected chi connectivity index (χ3v) is 5.62. The number of fused-ring (bicyclic) bond motifs is 1. The lowest BCUT2D eigenvalue weighted by Crippen LogP contribution is -2.14. The molecule has 7 nitrogen and oxygen atoms in total. The number of nitrogens with one attached hydrogen (secondary N) is 3. The Balaban J connectivity index is 0.000000257. The molecule has 2 heterocycles. The summed E-state index contributed by atoms with van der Waals surface area (Å²) < 4.78 is 2.73. The quantitative estimate of drug-likeness (QED) is 0.229. The van der Waals surface area contributed by atoms with Gasteiger partial charge in [-0.15, -0.1) is 0 Å². The molecule has 0 unspecified atom stereocenters. The van der Waals surface area contributed by atoms with E-state index in [9.17, 15) is 0 Å². The molecule has 0 amide bonds. The van der Waals surface area contributed by atoms with E-state index in [-0.39, 0.29) is 0 Å². The molecule has 4 aromatic rings. The van der Waals surface area contributed by atoms with E-state index in [1.54, 1.807) is 13.2 Å². The molecule has 0 saturated heterocycles. The van der Waals surface area contributed by atoms with Crippen LogP contribution < -0.4 is 21.0 Å². The first-order chi connectivity index (χ1) is 16.0. The zero-order chi connectivity index (χ0) is 23.6. The molecule has 8 heteroatoms. The van der Waals surface area contributed by atoms with Crippen molar-refractivity contribution in [3.63, 3.8) is 0 Å². The summed E-state index contributed by atoms with van der Waals surface area (Å²) >= 11 is 3.54. The maximum Gasteiger partial charge on any atom is 0.172 e. The highest BCUT2D eigenvalue weighted by molar-refractivity contribution is 9.10. The highest BCUT2D eigenvalue weighted by Gasteiger charge is 2.12. The van der Waals surface area contributed by atoms with Crippen molar-refractivity contribution in [2.45, 2.75) is 20.3 Å². The summed E-state index contributed by atoms with van der Waals surface area (Å²) in [4.78, 5) is 9.86. The van der Waals surface area contributed by atoms with Crippen LogP contribution in [0.5, 0.6) is 5.75 Å². The van der Waals surface area contributed by atoms with Crippen LogP contribution in [0.15, 0.2) is 65.3 Å². The van der Waals surface area contributed by atoms with Gasteiger partial charge in [-0.05, 0) is 67.0 Å². The molecule has 4 rings (SSSR count). The van der Waals surface area contributed by atoms with E-state index in [1.165, 1.54) is 5.56 Å². The Morgan fingerprint density at radius 1 is 0.970 bits per heavy atom. The van der Waals surface area contributed by atoms with Gasteiger partial charge in [0, 0.05) is 25.2 Å². The molecule has 2 aromatic heterocycles. The number of aromatic nitrogens is 3. The highest BCUT2D eigenvalue weighted by atomic mass is 79.9. The van der Waals surface area contributed by atoms with E-state index in [4.69, 9.17) is 9.82 Å². The van der Waals surface area contributed by atoms with Crippen molar-refractivity contribution in [3.05, 3.63) is 76.4 Å². The zero-order valence-electron chi connectivity index (χ0n) is 19.5. The smallest absolute Gasteiger partial charge is 0.172 e. The maximum absolute atomic E-state index is 5.09. The number of anilines is 1. The van der Waals surface area contributed by atoms with Crippen LogP contribution in [0.3, 0.4) is 0 Å². The largest absolute Gasteiger partial charge is 0.409 e. The van der Waals surface area contributed by atoms with Crippen molar-refractivity contribution >= 4 is 27.4 Å². The fraction of sp³-hybridized carbons (Fsp3) is 0.280. The first kappa shape index (κ1) is 24.7. The number of hydrogen-bond acceptors (Lipinski definition) is 6. The van der Waals surface area contributed by atoms with Crippen molar-refractivity contribution in [1.29, 1.82) is 0 Å². The predicted molar refractivity (Wildman–Crippen MR) is 139 cm³/mol. The standard InChI is InChI=1S/C17H20BrN5.C8H11NO/c1-12-6-3-4-7-13(12)15-10-16(20-9-5-8-19-2)23-17(22-15)14(18)11-21-23;1-7-5-3-4-6-8(7)10-9-2/h3-4,6-7,10-11,19-20H,5,8-9H2,1-2H3;3-6,9H,1-2H3. The van der Waals surface area contributed by atoms with Gasteiger partial charge in [0.05, 0.1) is 16.4 Å². The minimum Gasteiger partial charge on any atom is -0.409 e. The van der Waals surface area contributed by atoms with Crippen molar-refractivity contribution in [2.75, 3.05) is 32.5 Å². The summed E-state index contributed by atoms with van der Waals surface area (Å²) in [6.07, 6.45) is 2.82. The molecule has 0 aliphatic carbocycles.